The van der Waals surface area contributed by atoms with Crippen molar-refractivity contribution < 1.29 is 9.18 Å². The van der Waals surface area contributed by atoms with E-state index in [9.17, 15) is 9.18 Å². The molecule has 0 bridgehead atoms. The number of hydrogen-bond donors (Lipinski definition) is 0. The summed E-state index contributed by atoms with van der Waals surface area (Å²) in [6.07, 6.45) is 7.84. The van der Waals surface area contributed by atoms with Crippen LogP contribution in [-0.2, 0) is 11.3 Å². The van der Waals surface area contributed by atoms with Gasteiger partial charge in [-0.25, -0.2) is 4.39 Å². The first-order chi connectivity index (χ1) is 11.6. The third kappa shape index (κ3) is 3.34. The van der Waals surface area contributed by atoms with Gasteiger partial charge in [0.15, 0.2) is 0 Å². The van der Waals surface area contributed by atoms with E-state index in [-0.39, 0.29) is 17.3 Å². The second kappa shape index (κ2) is 6.47. The van der Waals surface area contributed by atoms with E-state index >= 15 is 0 Å². The van der Waals surface area contributed by atoms with Gasteiger partial charge < -0.3 is 9.80 Å². The van der Waals surface area contributed by atoms with Gasteiger partial charge in [0.25, 0.3) is 0 Å². The largest absolute Gasteiger partial charge is 0.333 e. The van der Waals surface area contributed by atoms with Crippen molar-refractivity contribution in [2.75, 3.05) is 19.6 Å². The van der Waals surface area contributed by atoms with Crippen molar-refractivity contribution in [2.45, 2.75) is 57.0 Å². The number of rotatable bonds is 4. The molecule has 1 saturated carbocycles. The molecule has 1 atom stereocenters. The molecule has 2 aliphatic heterocycles. The van der Waals surface area contributed by atoms with E-state index in [0.29, 0.717) is 13.0 Å². The minimum absolute atomic E-state index is 0.0315. The first kappa shape index (κ1) is 16.1. The van der Waals surface area contributed by atoms with Crippen LogP contribution in [0, 0.1) is 11.7 Å². The molecule has 4 heteroatoms. The average Bonchev–Trinajstić information content (AvgIpc) is 3.37. The number of halogens is 1. The highest BCUT2D eigenvalue weighted by atomic mass is 19.1. The number of hydrogen-bond acceptors (Lipinski definition) is 2. The Kier molecular flexibility index (Phi) is 4.33. The van der Waals surface area contributed by atoms with Crippen molar-refractivity contribution >= 4 is 5.91 Å². The van der Waals surface area contributed by atoms with E-state index in [1.54, 1.807) is 0 Å². The quantitative estimate of drug-likeness (QED) is 0.842. The van der Waals surface area contributed by atoms with Crippen LogP contribution in [0.25, 0.3) is 0 Å². The summed E-state index contributed by atoms with van der Waals surface area (Å²) in [5, 5.41) is 0. The van der Waals surface area contributed by atoms with Crippen LogP contribution in [0.2, 0.25) is 0 Å². The van der Waals surface area contributed by atoms with Crippen molar-refractivity contribution in [1.82, 2.24) is 9.80 Å². The molecule has 0 aromatic heterocycles. The molecular weight excluding hydrogens is 303 g/mol. The lowest BCUT2D eigenvalue weighted by Crippen LogP contribution is -2.46. The van der Waals surface area contributed by atoms with Crippen molar-refractivity contribution in [3.63, 3.8) is 0 Å². The molecule has 3 aliphatic rings. The Hall–Kier alpha value is -1.42. The Bertz CT molecular complexity index is 598. The highest BCUT2D eigenvalue weighted by molar-refractivity contribution is 5.79. The van der Waals surface area contributed by atoms with Crippen LogP contribution in [-0.4, -0.2) is 40.9 Å². The predicted octanol–water partition coefficient (Wildman–Crippen LogP) is 3.58. The topological polar surface area (TPSA) is 23.6 Å². The molecule has 4 rings (SSSR count). The molecule has 24 heavy (non-hydrogen) atoms. The molecule has 1 amide bonds. The van der Waals surface area contributed by atoms with Crippen LogP contribution < -0.4 is 0 Å². The first-order valence-corrected chi connectivity index (χ1v) is 9.42. The van der Waals surface area contributed by atoms with Crippen LogP contribution in [0.3, 0.4) is 0 Å². The van der Waals surface area contributed by atoms with Crippen molar-refractivity contribution in [2.24, 2.45) is 5.92 Å². The minimum atomic E-state index is -0.216. The van der Waals surface area contributed by atoms with Gasteiger partial charge in [-0.15, -0.1) is 0 Å². The molecular formula is C20H27FN2O. The maximum absolute atomic E-state index is 13.1. The molecule has 1 spiro atoms. The molecule has 3 nitrogen and oxygen atoms in total. The molecule has 2 saturated heterocycles. The SMILES string of the molecule is O=C1CCC2(CCCN(CC3CC3)CC2)N1Cc1ccc(F)cc1. The third-order valence-electron chi connectivity index (χ3n) is 6.15. The summed E-state index contributed by atoms with van der Waals surface area (Å²) in [5.41, 5.74) is 1.06. The van der Waals surface area contributed by atoms with E-state index in [1.165, 1.54) is 44.5 Å². The van der Waals surface area contributed by atoms with Gasteiger partial charge in [-0.3, -0.25) is 4.79 Å². The van der Waals surface area contributed by atoms with Crippen LogP contribution >= 0.6 is 0 Å². The zero-order valence-corrected chi connectivity index (χ0v) is 14.3. The Morgan fingerprint density at radius 1 is 1.08 bits per heavy atom. The molecule has 3 fully saturated rings. The van der Waals surface area contributed by atoms with Gasteiger partial charge >= 0.3 is 0 Å². The molecule has 1 aliphatic carbocycles. The standard InChI is InChI=1S/C20H27FN2O/c21-18-6-4-17(5-7-18)15-23-19(24)8-10-20(23)9-1-12-22(13-11-20)14-16-2-3-16/h4-7,16H,1-3,8-15H2. The Balaban J connectivity index is 1.47. The number of carbonyl (C=O) groups excluding carboxylic acids is 1. The summed E-state index contributed by atoms with van der Waals surface area (Å²) < 4.78 is 13.1. The summed E-state index contributed by atoms with van der Waals surface area (Å²) in [4.78, 5) is 17.3. The second-order valence-electron chi connectivity index (χ2n) is 7.93. The fourth-order valence-electron chi connectivity index (χ4n) is 4.51. The highest BCUT2D eigenvalue weighted by Gasteiger charge is 2.45. The third-order valence-corrected chi connectivity index (χ3v) is 6.15. The fraction of sp³-hybridized carbons (Fsp3) is 0.650. The summed E-state index contributed by atoms with van der Waals surface area (Å²) >= 11 is 0. The van der Waals surface area contributed by atoms with Crippen molar-refractivity contribution in [1.29, 1.82) is 0 Å². The Morgan fingerprint density at radius 3 is 2.62 bits per heavy atom. The van der Waals surface area contributed by atoms with Crippen LogP contribution in [0.15, 0.2) is 24.3 Å². The normalized spacial score (nSPS) is 28.5. The van der Waals surface area contributed by atoms with Gasteiger partial charge in [0.1, 0.15) is 5.82 Å². The maximum Gasteiger partial charge on any atom is 0.223 e. The Morgan fingerprint density at radius 2 is 1.88 bits per heavy atom. The maximum atomic E-state index is 13.1. The predicted molar refractivity (Wildman–Crippen MR) is 91.9 cm³/mol. The van der Waals surface area contributed by atoms with Crippen molar-refractivity contribution in [3.8, 4) is 0 Å². The van der Waals surface area contributed by atoms with Crippen LogP contribution in [0.5, 0.6) is 0 Å². The van der Waals surface area contributed by atoms with Crippen LogP contribution in [0.1, 0.15) is 50.5 Å². The van der Waals surface area contributed by atoms with Gasteiger partial charge in [-0.05, 0) is 68.7 Å². The number of carbonyl (C=O) groups is 1. The van der Waals surface area contributed by atoms with Gasteiger partial charge in [-0.1, -0.05) is 12.1 Å². The molecule has 130 valence electrons. The number of amides is 1. The lowest BCUT2D eigenvalue weighted by molar-refractivity contribution is -0.132. The molecule has 1 aromatic carbocycles. The average molecular weight is 330 g/mol. The molecule has 1 aromatic rings. The van der Waals surface area contributed by atoms with Gasteiger partial charge in [0, 0.05) is 31.6 Å². The van der Waals surface area contributed by atoms with E-state index in [4.69, 9.17) is 0 Å². The van der Waals surface area contributed by atoms with E-state index in [1.807, 2.05) is 12.1 Å². The summed E-state index contributed by atoms with van der Waals surface area (Å²) in [7, 11) is 0. The zero-order valence-electron chi connectivity index (χ0n) is 14.3. The van der Waals surface area contributed by atoms with Gasteiger partial charge in [0.2, 0.25) is 5.91 Å². The molecule has 0 N–H and O–H groups in total. The molecule has 0 radical (unpaired) electrons. The zero-order chi connectivity index (χ0) is 16.6. The molecule has 2 heterocycles. The van der Waals surface area contributed by atoms with Crippen molar-refractivity contribution in [3.05, 3.63) is 35.6 Å². The molecule has 1 unspecified atom stereocenters. The minimum Gasteiger partial charge on any atom is -0.333 e. The summed E-state index contributed by atoms with van der Waals surface area (Å²) in [5.74, 6) is 0.987. The summed E-state index contributed by atoms with van der Waals surface area (Å²) in [6, 6.07) is 6.61. The van der Waals surface area contributed by atoms with Gasteiger partial charge in [0.05, 0.1) is 0 Å². The monoisotopic (exact) mass is 330 g/mol. The number of benzene rings is 1. The highest BCUT2D eigenvalue weighted by Crippen LogP contribution is 2.40. The van der Waals surface area contributed by atoms with E-state index < -0.39 is 0 Å². The van der Waals surface area contributed by atoms with E-state index in [0.717, 1.165) is 37.3 Å². The fourth-order valence-corrected chi connectivity index (χ4v) is 4.51. The number of nitrogens with zero attached hydrogens (tertiary/aromatic N) is 2. The van der Waals surface area contributed by atoms with Gasteiger partial charge in [-0.2, -0.15) is 0 Å². The van der Waals surface area contributed by atoms with E-state index in [2.05, 4.69) is 9.80 Å². The smallest absolute Gasteiger partial charge is 0.223 e. The Labute approximate surface area is 143 Å². The lowest BCUT2D eigenvalue weighted by Gasteiger charge is -2.38. The van der Waals surface area contributed by atoms with Crippen LogP contribution in [0.4, 0.5) is 4.39 Å². The first-order valence-electron chi connectivity index (χ1n) is 9.42. The summed E-state index contributed by atoms with van der Waals surface area (Å²) in [6.45, 7) is 4.17. The lowest BCUT2D eigenvalue weighted by atomic mass is 9.87. The number of likely N-dealkylation sites (tertiary alicyclic amines) is 2. The second-order valence-corrected chi connectivity index (χ2v) is 7.93.